The van der Waals surface area contributed by atoms with Gasteiger partial charge in [-0.1, -0.05) is 0 Å². The molecule has 1 amide bonds. The number of likely N-dealkylation sites (tertiary alicyclic amines) is 1. The number of nitrogens with one attached hydrogen (secondary N) is 1. The second-order valence-corrected chi connectivity index (χ2v) is 5.62. The van der Waals surface area contributed by atoms with Crippen molar-refractivity contribution < 1.29 is 14.3 Å². The van der Waals surface area contributed by atoms with Crippen LogP contribution in [0.3, 0.4) is 0 Å². The molecule has 0 radical (unpaired) electrons. The monoisotopic (exact) mass is 291 g/mol. The lowest BCUT2D eigenvalue weighted by molar-refractivity contribution is -0.119. The molecule has 6 heteroatoms. The number of nitrogens with two attached hydrogens (primary N) is 1. The zero-order chi connectivity index (χ0) is 14.8. The van der Waals surface area contributed by atoms with E-state index in [1.165, 1.54) is 0 Å². The summed E-state index contributed by atoms with van der Waals surface area (Å²) in [5.41, 5.74) is 7.87. The minimum absolute atomic E-state index is 0.0284. The predicted octanol–water partition coefficient (Wildman–Crippen LogP) is 0.750. The Kier molecular flexibility index (Phi) is 3.88. The van der Waals surface area contributed by atoms with E-state index in [4.69, 9.17) is 15.2 Å². The molecule has 1 aromatic rings. The van der Waals surface area contributed by atoms with Gasteiger partial charge in [0.2, 0.25) is 5.91 Å². The average Bonchev–Trinajstić information content (AvgIpc) is 2.86. The lowest BCUT2D eigenvalue weighted by Crippen LogP contribution is -2.35. The van der Waals surface area contributed by atoms with Gasteiger partial charge in [-0.05, 0) is 18.1 Å². The molecular formula is C15H21N3O3. The summed E-state index contributed by atoms with van der Waals surface area (Å²) in [5, 5.41) is 2.97. The van der Waals surface area contributed by atoms with Crippen molar-refractivity contribution in [3.8, 4) is 11.5 Å². The Morgan fingerprint density at radius 1 is 1.38 bits per heavy atom. The number of rotatable bonds is 3. The first-order valence-corrected chi connectivity index (χ1v) is 7.29. The van der Waals surface area contributed by atoms with Crippen LogP contribution < -0.4 is 20.5 Å². The fourth-order valence-electron chi connectivity index (χ4n) is 2.91. The Balaban J connectivity index is 1.67. The van der Waals surface area contributed by atoms with Crippen LogP contribution in [0.25, 0.3) is 0 Å². The SMILES string of the molecule is CC(=O)NC1CCN(Cc2cc3c(cc2N)OCCO3)C1. The highest BCUT2D eigenvalue weighted by Gasteiger charge is 2.24. The molecule has 21 heavy (non-hydrogen) atoms. The number of ether oxygens (including phenoxy) is 2. The molecule has 0 saturated carbocycles. The fourth-order valence-corrected chi connectivity index (χ4v) is 2.91. The Morgan fingerprint density at radius 2 is 2.10 bits per heavy atom. The number of amides is 1. The summed E-state index contributed by atoms with van der Waals surface area (Å²) in [7, 11) is 0. The molecule has 1 atom stereocenters. The van der Waals surface area contributed by atoms with Crippen LogP contribution in [-0.2, 0) is 11.3 Å². The Labute approximate surface area is 124 Å². The summed E-state index contributed by atoms with van der Waals surface area (Å²) in [6.07, 6.45) is 0.976. The van der Waals surface area contributed by atoms with Crippen molar-refractivity contribution in [1.82, 2.24) is 10.2 Å². The lowest BCUT2D eigenvalue weighted by Gasteiger charge is -2.22. The molecule has 2 aliphatic rings. The van der Waals surface area contributed by atoms with E-state index in [-0.39, 0.29) is 11.9 Å². The number of nitrogen functional groups attached to an aromatic ring is 1. The van der Waals surface area contributed by atoms with Gasteiger partial charge >= 0.3 is 0 Å². The highest BCUT2D eigenvalue weighted by Crippen LogP contribution is 2.35. The highest BCUT2D eigenvalue weighted by atomic mass is 16.6. The Morgan fingerprint density at radius 3 is 2.81 bits per heavy atom. The molecule has 114 valence electrons. The Hall–Kier alpha value is -1.95. The minimum Gasteiger partial charge on any atom is -0.486 e. The number of fused-ring (bicyclic) bond motifs is 1. The molecule has 0 aliphatic carbocycles. The molecule has 1 fully saturated rings. The highest BCUT2D eigenvalue weighted by molar-refractivity contribution is 5.73. The van der Waals surface area contributed by atoms with Crippen molar-refractivity contribution in [1.29, 1.82) is 0 Å². The van der Waals surface area contributed by atoms with Gasteiger partial charge < -0.3 is 20.5 Å². The maximum absolute atomic E-state index is 11.1. The molecule has 6 nitrogen and oxygen atoms in total. The number of benzene rings is 1. The zero-order valence-electron chi connectivity index (χ0n) is 12.2. The average molecular weight is 291 g/mol. The van der Waals surface area contributed by atoms with Crippen molar-refractivity contribution >= 4 is 11.6 Å². The second-order valence-electron chi connectivity index (χ2n) is 5.62. The van der Waals surface area contributed by atoms with Crippen LogP contribution >= 0.6 is 0 Å². The summed E-state index contributed by atoms with van der Waals surface area (Å²) >= 11 is 0. The summed E-state index contributed by atoms with van der Waals surface area (Å²) in [6, 6.07) is 4.04. The van der Waals surface area contributed by atoms with Crippen molar-refractivity contribution in [2.45, 2.75) is 25.9 Å². The molecule has 1 saturated heterocycles. The van der Waals surface area contributed by atoms with Gasteiger partial charge in [0.25, 0.3) is 0 Å². The third-order valence-corrected chi connectivity index (χ3v) is 3.88. The predicted molar refractivity (Wildman–Crippen MR) is 79.3 cm³/mol. The van der Waals surface area contributed by atoms with Gasteiger partial charge in [-0.3, -0.25) is 9.69 Å². The van der Waals surface area contributed by atoms with Crippen molar-refractivity contribution in [3.63, 3.8) is 0 Å². The van der Waals surface area contributed by atoms with E-state index in [0.29, 0.717) is 13.2 Å². The van der Waals surface area contributed by atoms with Crippen molar-refractivity contribution in [2.75, 3.05) is 32.0 Å². The quantitative estimate of drug-likeness (QED) is 0.804. The van der Waals surface area contributed by atoms with E-state index < -0.39 is 0 Å². The molecule has 0 aromatic heterocycles. The third-order valence-electron chi connectivity index (χ3n) is 3.88. The molecule has 1 aromatic carbocycles. The van der Waals surface area contributed by atoms with Gasteiger partial charge in [-0.25, -0.2) is 0 Å². The zero-order valence-corrected chi connectivity index (χ0v) is 12.2. The summed E-state index contributed by atoms with van der Waals surface area (Å²) in [5.74, 6) is 1.52. The molecule has 1 unspecified atom stereocenters. The van der Waals surface area contributed by atoms with E-state index in [9.17, 15) is 4.79 Å². The van der Waals surface area contributed by atoms with Crippen molar-refractivity contribution in [2.24, 2.45) is 0 Å². The summed E-state index contributed by atoms with van der Waals surface area (Å²) in [6.45, 7) is 5.27. The molecular weight excluding hydrogens is 270 g/mol. The number of anilines is 1. The minimum atomic E-state index is 0.0284. The van der Waals surface area contributed by atoms with Gasteiger partial charge in [-0.2, -0.15) is 0 Å². The molecule has 2 heterocycles. The standard InChI is InChI=1S/C15H21N3O3/c1-10(19)17-12-2-3-18(9-12)8-11-6-14-15(7-13(11)16)21-5-4-20-14/h6-7,12H,2-5,8-9,16H2,1H3,(H,17,19). The summed E-state index contributed by atoms with van der Waals surface area (Å²) in [4.78, 5) is 13.4. The topological polar surface area (TPSA) is 76.8 Å². The fraction of sp³-hybridized carbons (Fsp3) is 0.533. The van der Waals surface area contributed by atoms with Gasteiger partial charge in [-0.15, -0.1) is 0 Å². The van der Waals surface area contributed by atoms with Gasteiger partial charge in [0.1, 0.15) is 13.2 Å². The van der Waals surface area contributed by atoms with Gasteiger partial charge in [0.05, 0.1) is 0 Å². The smallest absolute Gasteiger partial charge is 0.217 e. The lowest BCUT2D eigenvalue weighted by atomic mass is 10.1. The van der Waals surface area contributed by atoms with Crippen LogP contribution in [0.5, 0.6) is 11.5 Å². The number of carbonyl (C=O) groups is 1. The van der Waals surface area contributed by atoms with Crippen molar-refractivity contribution in [3.05, 3.63) is 17.7 Å². The van der Waals surface area contributed by atoms with Gasteiger partial charge in [0, 0.05) is 44.4 Å². The van der Waals surface area contributed by atoms with E-state index >= 15 is 0 Å². The number of carbonyl (C=O) groups excluding carboxylic acids is 1. The number of hydrogen-bond donors (Lipinski definition) is 2. The normalized spacial score (nSPS) is 21.3. The van der Waals surface area contributed by atoms with E-state index in [2.05, 4.69) is 10.2 Å². The maximum Gasteiger partial charge on any atom is 0.217 e. The number of hydrogen-bond acceptors (Lipinski definition) is 5. The van der Waals surface area contributed by atoms with Gasteiger partial charge in [0.15, 0.2) is 11.5 Å². The van der Waals surface area contributed by atoms with E-state index in [1.807, 2.05) is 12.1 Å². The van der Waals surface area contributed by atoms with Crippen LogP contribution in [0.2, 0.25) is 0 Å². The molecule has 3 N–H and O–H groups in total. The first-order valence-electron chi connectivity index (χ1n) is 7.29. The Bertz CT molecular complexity index is 547. The molecule has 0 bridgehead atoms. The number of nitrogens with zero attached hydrogens (tertiary/aromatic N) is 1. The third kappa shape index (κ3) is 3.21. The van der Waals surface area contributed by atoms with Crippen LogP contribution in [0.15, 0.2) is 12.1 Å². The second kappa shape index (κ2) is 5.81. The van der Waals surface area contributed by atoms with Crippen LogP contribution in [0.4, 0.5) is 5.69 Å². The first-order chi connectivity index (χ1) is 10.1. The van der Waals surface area contributed by atoms with E-state index in [1.54, 1.807) is 6.92 Å². The van der Waals surface area contributed by atoms with Crippen LogP contribution in [-0.4, -0.2) is 43.2 Å². The van der Waals surface area contributed by atoms with Crippen LogP contribution in [0, 0.1) is 0 Å². The maximum atomic E-state index is 11.1. The molecule has 3 rings (SSSR count). The first kappa shape index (κ1) is 14.0. The molecule has 2 aliphatic heterocycles. The summed E-state index contributed by atoms with van der Waals surface area (Å²) < 4.78 is 11.1. The van der Waals surface area contributed by atoms with Crippen LogP contribution in [0.1, 0.15) is 18.9 Å². The molecule has 0 spiro atoms. The largest absolute Gasteiger partial charge is 0.486 e. The van der Waals surface area contributed by atoms with E-state index in [0.717, 1.165) is 48.8 Å².